The van der Waals surface area contributed by atoms with Crippen LogP contribution in [0, 0.1) is 0 Å². The molecule has 1 aliphatic rings. The maximum atomic E-state index is 12.8. The van der Waals surface area contributed by atoms with Gasteiger partial charge in [-0.1, -0.05) is 6.92 Å². The number of amides is 1. The Labute approximate surface area is 157 Å². The fourth-order valence-corrected chi connectivity index (χ4v) is 3.06. The molecule has 2 rings (SSSR count). The largest absolute Gasteiger partial charge is 0.480 e. The van der Waals surface area contributed by atoms with Gasteiger partial charge in [-0.2, -0.15) is 8.78 Å². The molecule has 9 heteroatoms. The van der Waals surface area contributed by atoms with Gasteiger partial charge in [0.15, 0.2) is 0 Å². The van der Waals surface area contributed by atoms with Crippen LogP contribution in [0.4, 0.5) is 14.5 Å². The van der Waals surface area contributed by atoms with E-state index in [2.05, 4.69) is 4.74 Å². The number of benzene rings is 1. The van der Waals surface area contributed by atoms with Gasteiger partial charge >= 0.3 is 12.6 Å². The SMILES string of the molecule is CCCN(CC(=O)O)C1CCCN(c2ccc(OC(F)F)cc2)C1=O.Cl. The summed E-state index contributed by atoms with van der Waals surface area (Å²) in [6.45, 7) is -0.110. The molecule has 1 aliphatic heterocycles. The Kier molecular flexibility index (Phi) is 8.74. The minimum Gasteiger partial charge on any atom is -0.480 e. The number of carboxylic acid groups (broad SMARTS) is 1. The number of anilines is 1. The molecule has 0 aliphatic carbocycles. The van der Waals surface area contributed by atoms with E-state index >= 15 is 0 Å². The smallest absolute Gasteiger partial charge is 0.387 e. The predicted molar refractivity (Wildman–Crippen MR) is 95.2 cm³/mol. The molecule has 1 aromatic carbocycles. The maximum absolute atomic E-state index is 12.8. The Hall–Kier alpha value is -1.93. The summed E-state index contributed by atoms with van der Waals surface area (Å²) < 4.78 is 28.7. The lowest BCUT2D eigenvalue weighted by atomic mass is 10.0. The zero-order chi connectivity index (χ0) is 18.4. The van der Waals surface area contributed by atoms with Crippen molar-refractivity contribution in [1.82, 2.24) is 4.90 Å². The third kappa shape index (κ3) is 5.81. The zero-order valence-corrected chi connectivity index (χ0v) is 15.3. The lowest BCUT2D eigenvalue weighted by molar-refractivity contribution is -0.140. The van der Waals surface area contributed by atoms with Crippen molar-refractivity contribution in [3.05, 3.63) is 24.3 Å². The molecule has 26 heavy (non-hydrogen) atoms. The number of nitrogens with zero attached hydrogens (tertiary/aromatic N) is 2. The normalized spacial score (nSPS) is 17.3. The van der Waals surface area contributed by atoms with Gasteiger partial charge in [0.1, 0.15) is 5.75 Å². The summed E-state index contributed by atoms with van der Waals surface area (Å²) in [7, 11) is 0. The quantitative estimate of drug-likeness (QED) is 0.736. The van der Waals surface area contributed by atoms with E-state index in [1.54, 1.807) is 21.9 Å². The lowest BCUT2D eigenvalue weighted by Gasteiger charge is -2.37. The highest BCUT2D eigenvalue weighted by Crippen LogP contribution is 2.26. The van der Waals surface area contributed by atoms with Crippen LogP contribution in [0.15, 0.2) is 24.3 Å². The first-order valence-corrected chi connectivity index (χ1v) is 8.24. The fraction of sp³-hybridized carbons (Fsp3) is 0.529. The molecule has 1 fully saturated rings. The number of carbonyl (C=O) groups is 2. The molecule has 1 heterocycles. The van der Waals surface area contributed by atoms with E-state index in [0.717, 1.165) is 12.8 Å². The summed E-state index contributed by atoms with van der Waals surface area (Å²) in [6.07, 6.45) is 2.09. The molecule has 1 N–H and O–H groups in total. The highest BCUT2D eigenvalue weighted by molar-refractivity contribution is 5.98. The van der Waals surface area contributed by atoms with E-state index in [4.69, 9.17) is 5.11 Å². The second-order valence-electron chi connectivity index (χ2n) is 5.88. The van der Waals surface area contributed by atoms with Crippen molar-refractivity contribution in [2.45, 2.75) is 38.8 Å². The van der Waals surface area contributed by atoms with Crippen LogP contribution in [0.25, 0.3) is 0 Å². The van der Waals surface area contributed by atoms with Gasteiger partial charge in [0.25, 0.3) is 0 Å². The number of ether oxygens (including phenoxy) is 1. The maximum Gasteiger partial charge on any atom is 0.387 e. The minimum atomic E-state index is -2.90. The van der Waals surface area contributed by atoms with Gasteiger partial charge in [-0.25, -0.2) is 0 Å². The molecule has 0 aromatic heterocycles. The Morgan fingerprint density at radius 1 is 1.38 bits per heavy atom. The van der Waals surface area contributed by atoms with Crippen LogP contribution in [-0.4, -0.2) is 54.2 Å². The molecule has 0 radical (unpaired) electrons. The Morgan fingerprint density at radius 3 is 2.58 bits per heavy atom. The van der Waals surface area contributed by atoms with Crippen molar-refractivity contribution in [2.75, 3.05) is 24.5 Å². The van der Waals surface area contributed by atoms with Gasteiger partial charge in [-0.05, 0) is 50.1 Å². The molecule has 1 unspecified atom stereocenters. The van der Waals surface area contributed by atoms with Gasteiger partial charge in [0.05, 0.1) is 12.6 Å². The van der Waals surface area contributed by atoms with Crippen molar-refractivity contribution < 1.29 is 28.2 Å². The van der Waals surface area contributed by atoms with Gasteiger partial charge < -0.3 is 14.7 Å². The standard InChI is InChI=1S/C17H22F2N2O4.ClH/c1-2-9-20(11-15(22)23)14-4-3-10-21(16(14)24)12-5-7-13(8-6-12)25-17(18)19;/h5-8,14,17H,2-4,9-11H2,1H3,(H,22,23);1H. The highest BCUT2D eigenvalue weighted by Gasteiger charge is 2.34. The molecule has 0 bridgehead atoms. The summed E-state index contributed by atoms with van der Waals surface area (Å²) in [5.74, 6) is -1.10. The number of rotatable bonds is 8. The van der Waals surface area contributed by atoms with Gasteiger partial charge in [0, 0.05) is 12.2 Å². The molecule has 1 aromatic rings. The van der Waals surface area contributed by atoms with E-state index < -0.39 is 18.6 Å². The summed E-state index contributed by atoms with van der Waals surface area (Å²) in [5.41, 5.74) is 0.586. The van der Waals surface area contributed by atoms with Crippen molar-refractivity contribution >= 4 is 30.0 Å². The molecule has 1 amide bonds. The van der Waals surface area contributed by atoms with Crippen LogP contribution in [-0.2, 0) is 9.59 Å². The second kappa shape index (κ2) is 10.3. The second-order valence-corrected chi connectivity index (χ2v) is 5.88. The van der Waals surface area contributed by atoms with Crippen LogP contribution < -0.4 is 9.64 Å². The van der Waals surface area contributed by atoms with E-state index in [0.29, 0.717) is 25.2 Å². The molecular weight excluding hydrogens is 370 g/mol. The first kappa shape index (κ1) is 22.1. The van der Waals surface area contributed by atoms with Crippen molar-refractivity contribution in [1.29, 1.82) is 0 Å². The van der Waals surface area contributed by atoms with Gasteiger partial charge in [0.2, 0.25) is 5.91 Å². The van der Waals surface area contributed by atoms with E-state index in [-0.39, 0.29) is 30.6 Å². The third-order valence-electron chi connectivity index (χ3n) is 4.07. The van der Waals surface area contributed by atoms with Crippen LogP contribution >= 0.6 is 12.4 Å². The summed E-state index contributed by atoms with van der Waals surface area (Å²) in [6, 6.07) is 5.40. The average Bonchev–Trinajstić information content (AvgIpc) is 2.55. The molecule has 0 spiro atoms. The third-order valence-corrected chi connectivity index (χ3v) is 4.07. The first-order chi connectivity index (χ1) is 11.9. The van der Waals surface area contributed by atoms with Crippen LogP contribution in [0.5, 0.6) is 5.75 Å². The Balaban J connectivity index is 0.00000338. The Morgan fingerprint density at radius 2 is 2.04 bits per heavy atom. The number of piperidine rings is 1. The summed E-state index contributed by atoms with van der Waals surface area (Å²) >= 11 is 0. The average molecular weight is 393 g/mol. The number of carbonyl (C=O) groups excluding carboxylic acids is 1. The van der Waals surface area contributed by atoms with Gasteiger partial charge in [-0.3, -0.25) is 14.5 Å². The molecule has 0 saturated carbocycles. The Bertz CT molecular complexity index is 601. The first-order valence-electron chi connectivity index (χ1n) is 8.24. The molecule has 6 nitrogen and oxygen atoms in total. The van der Waals surface area contributed by atoms with E-state index in [1.807, 2.05) is 6.92 Å². The number of hydrogen-bond acceptors (Lipinski definition) is 4. The lowest BCUT2D eigenvalue weighted by Crippen LogP contribution is -2.54. The number of hydrogen-bond donors (Lipinski definition) is 1. The summed E-state index contributed by atoms with van der Waals surface area (Å²) in [4.78, 5) is 27.2. The van der Waals surface area contributed by atoms with Crippen molar-refractivity contribution in [3.8, 4) is 5.75 Å². The topological polar surface area (TPSA) is 70.1 Å². The van der Waals surface area contributed by atoms with Crippen molar-refractivity contribution in [2.24, 2.45) is 0 Å². The van der Waals surface area contributed by atoms with E-state index in [9.17, 15) is 18.4 Å². The highest BCUT2D eigenvalue weighted by atomic mass is 35.5. The molecule has 146 valence electrons. The van der Waals surface area contributed by atoms with Crippen LogP contribution in [0.3, 0.4) is 0 Å². The molecule has 1 atom stereocenters. The number of carboxylic acids is 1. The molecule has 1 saturated heterocycles. The monoisotopic (exact) mass is 392 g/mol. The zero-order valence-electron chi connectivity index (χ0n) is 14.4. The molecular formula is C17H23ClF2N2O4. The number of alkyl halides is 2. The van der Waals surface area contributed by atoms with Crippen LogP contribution in [0.1, 0.15) is 26.2 Å². The van der Waals surface area contributed by atoms with Crippen LogP contribution in [0.2, 0.25) is 0 Å². The van der Waals surface area contributed by atoms with Crippen molar-refractivity contribution in [3.63, 3.8) is 0 Å². The number of aliphatic carboxylic acids is 1. The number of halogens is 3. The fourth-order valence-electron chi connectivity index (χ4n) is 3.06. The van der Waals surface area contributed by atoms with Gasteiger partial charge in [-0.15, -0.1) is 12.4 Å². The van der Waals surface area contributed by atoms with E-state index in [1.165, 1.54) is 12.1 Å². The minimum absolute atomic E-state index is 0. The predicted octanol–water partition coefficient (Wildman–Crippen LogP) is 3.00. The summed E-state index contributed by atoms with van der Waals surface area (Å²) in [5, 5.41) is 9.07.